The minimum Gasteiger partial charge on any atom is -0.426 e. The minimum atomic E-state index is -4.76. The van der Waals surface area contributed by atoms with Gasteiger partial charge in [-0.25, -0.2) is 0 Å². The first-order valence-electron chi connectivity index (χ1n) is 17.6. The molecule has 53 heavy (non-hydrogen) atoms. The molecule has 2 aliphatic heterocycles. The Balaban J connectivity index is 0.985. The number of anilines is 1. The third-order valence-corrected chi connectivity index (χ3v) is 11.2. The summed E-state index contributed by atoms with van der Waals surface area (Å²) >= 11 is 0. The van der Waals surface area contributed by atoms with Crippen LogP contribution in [0.2, 0.25) is 0 Å². The van der Waals surface area contributed by atoms with Crippen LogP contribution in [0.3, 0.4) is 0 Å². The quantitative estimate of drug-likeness (QED) is 0.161. The molecule has 4 amide bonds. The molecule has 0 aromatic heterocycles. The highest BCUT2D eigenvalue weighted by atomic mass is 19.4. The van der Waals surface area contributed by atoms with Gasteiger partial charge >= 0.3 is 18.1 Å². The Labute approximate surface area is 303 Å². The summed E-state index contributed by atoms with van der Waals surface area (Å²) in [6, 6.07) is 14.4. The third kappa shape index (κ3) is 6.61. The van der Waals surface area contributed by atoms with Crippen molar-refractivity contribution in [3.05, 3.63) is 77.4 Å². The molecule has 2 aliphatic carbocycles. The number of fused-ring (bicyclic) bond motifs is 2. The number of carbonyl (C=O) groups excluding carboxylic acids is 6. The summed E-state index contributed by atoms with van der Waals surface area (Å²) in [5.41, 5.74) is 0.769. The topological polar surface area (TPSA) is 127 Å². The van der Waals surface area contributed by atoms with Crippen molar-refractivity contribution in [1.82, 2.24) is 4.90 Å². The summed E-state index contributed by atoms with van der Waals surface area (Å²) in [6.45, 7) is 3.57. The Morgan fingerprint density at radius 1 is 0.642 bits per heavy atom. The normalized spacial score (nSPS) is 25.7. The van der Waals surface area contributed by atoms with Crippen LogP contribution in [0, 0.1) is 49.4 Å². The number of hydrogen-bond acceptors (Lipinski definition) is 8. The van der Waals surface area contributed by atoms with Gasteiger partial charge in [0, 0.05) is 7.05 Å². The molecule has 3 aromatic rings. The van der Waals surface area contributed by atoms with Crippen LogP contribution in [0.4, 0.5) is 18.9 Å². The summed E-state index contributed by atoms with van der Waals surface area (Å²) in [7, 11) is 1.45. The van der Waals surface area contributed by atoms with E-state index in [-0.39, 0.29) is 60.2 Å². The van der Waals surface area contributed by atoms with E-state index >= 15 is 0 Å². The second-order valence-corrected chi connectivity index (χ2v) is 14.6. The van der Waals surface area contributed by atoms with Gasteiger partial charge in [-0.1, -0.05) is 29.8 Å². The number of rotatable bonds is 6. The predicted molar refractivity (Wildman–Crippen MR) is 183 cm³/mol. The molecule has 2 heterocycles. The van der Waals surface area contributed by atoms with Gasteiger partial charge < -0.3 is 9.47 Å². The van der Waals surface area contributed by atoms with Crippen molar-refractivity contribution < 1.29 is 51.4 Å². The zero-order valence-corrected chi connectivity index (χ0v) is 29.3. The Hall–Kier alpha value is -5.33. The average Bonchev–Trinajstić information content (AvgIpc) is 3.50. The van der Waals surface area contributed by atoms with Crippen molar-refractivity contribution >= 4 is 41.3 Å². The van der Waals surface area contributed by atoms with Crippen LogP contribution in [-0.4, -0.2) is 47.5 Å². The number of aryl methyl sites for hydroxylation is 2. The molecule has 2 saturated heterocycles. The van der Waals surface area contributed by atoms with Crippen molar-refractivity contribution in [3.63, 3.8) is 0 Å². The highest BCUT2D eigenvalue weighted by Gasteiger charge is 2.53. The second kappa shape index (κ2) is 13.6. The zero-order chi connectivity index (χ0) is 37.9. The number of halogens is 3. The lowest BCUT2D eigenvalue weighted by Gasteiger charge is -2.27. The Morgan fingerprint density at radius 3 is 1.68 bits per heavy atom. The van der Waals surface area contributed by atoms with Gasteiger partial charge in [-0.15, -0.1) is 0 Å². The number of likely N-dealkylation sites (tertiary alicyclic amines) is 1. The third-order valence-electron chi connectivity index (χ3n) is 11.2. The first-order chi connectivity index (χ1) is 25.1. The van der Waals surface area contributed by atoms with Crippen LogP contribution in [-0.2, 0) is 34.9 Å². The average molecular weight is 731 g/mol. The molecule has 0 spiro atoms. The van der Waals surface area contributed by atoms with Crippen LogP contribution >= 0.6 is 0 Å². The van der Waals surface area contributed by atoms with Crippen LogP contribution in [0.5, 0.6) is 11.5 Å². The summed E-state index contributed by atoms with van der Waals surface area (Å²) < 4.78 is 54.2. The largest absolute Gasteiger partial charge is 0.426 e. The van der Waals surface area contributed by atoms with Crippen molar-refractivity contribution in [2.24, 2.45) is 35.5 Å². The van der Waals surface area contributed by atoms with E-state index in [0.717, 1.165) is 21.4 Å². The van der Waals surface area contributed by atoms with Crippen molar-refractivity contribution in [1.29, 1.82) is 0 Å². The maximum Gasteiger partial charge on any atom is 0.417 e. The first kappa shape index (κ1) is 36.0. The summed E-state index contributed by atoms with van der Waals surface area (Å²) in [5, 5.41) is 0. The maximum absolute atomic E-state index is 14.4. The number of hydrogen-bond donors (Lipinski definition) is 0. The fourth-order valence-corrected chi connectivity index (χ4v) is 8.44. The molecular weight excluding hydrogens is 693 g/mol. The smallest absolute Gasteiger partial charge is 0.417 e. The van der Waals surface area contributed by atoms with Crippen LogP contribution in [0.1, 0.15) is 55.2 Å². The maximum atomic E-state index is 14.4. The molecule has 2 saturated carbocycles. The molecule has 4 fully saturated rings. The number of amides is 4. The molecule has 4 aliphatic rings. The molecule has 7 rings (SSSR count). The fraction of sp³-hybridized carbons (Fsp3) is 0.400. The number of imide groups is 2. The fourth-order valence-electron chi connectivity index (χ4n) is 8.44. The predicted octanol–water partition coefficient (Wildman–Crippen LogP) is 6.44. The molecule has 6 atom stereocenters. The van der Waals surface area contributed by atoms with Crippen molar-refractivity contribution in [3.8, 4) is 22.6 Å². The molecule has 6 unspecified atom stereocenters. The number of esters is 2. The Kier molecular flexibility index (Phi) is 9.23. The van der Waals surface area contributed by atoms with Gasteiger partial charge in [0.05, 0.1) is 46.8 Å². The van der Waals surface area contributed by atoms with Gasteiger partial charge in [0.15, 0.2) is 0 Å². The van der Waals surface area contributed by atoms with Gasteiger partial charge in [-0.05, 0) is 105 Å². The van der Waals surface area contributed by atoms with E-state index < -0.39 is 71.0 Å². The molecule has 3 aromatic carbocycles. The van der Waals surface area contributed by atoms with E-state index in [0.29, 0.717) is 24.0 Å². The molecule has 0 N–H and O–H groups in total. The number of ether oxygens (including phenoxy) is 2. The van der Waals surface area contributed by atoms with E-state index in [9.17, 15) is 41.9 Å². The highest BCUT2D eigenvalue weighted by Crippen LogP contribution is 2.46. The molecule has 0 bridgehead atoms. The lowest BCUT2D eigenvalue weighted by atomic mass is 9.75. The molecule has 0 radical (unpaired) electrons. The summed E-state index contributed by atoms with van der Waals surface area (Å²) in [5.74, 6) is -6.37. The van der Waals surface area contributed by atoms with Crippen LogP contribution < -0.4 is 14.4 Å². The molecule has 10 nitrogen and oxygen atoms in total. The summed E-state index contributed by atoms with van der Waals surface area (Å²) in [6.07, 6.45) is -3.24. The van der Waals surface area contributed by atoms with Gasteiger partial charge in [0.2, 0.25) is 23.6 Å². The van der Waals surface area contributed by atoms with E-state index in [2.05, 4.69) is 0 Å². The first-order valence-corrected chi connectivity index (χ1v) is 17.6. The minimum absolute atomic E-state index is 0.000172. The van der Waals surface area contributed by atoms with Crippen LogP contribution in [0.25, 0.3) is 11.1 Å². The Morgan fingerprint density at radius 2 is 1.13 bits per heavy atom. The van der Waals surface area contributed by atoms with Gasteiger partial charge in [-0.2, -0.15) is 13.2 Å². The van der Waals surface area contributed by atoms with Gasteiger partial charge in [-0.3, -0.25) is 38.6 Å². The lowest BCUT2D eigenvalue weighted by Crippen LogP contribution is -2.33. The number of alkyl halides is 3. The second-order valence-electron chi connectivity index (χ2n) is 14.6. The van der Waals surface area contributed by atoms with Gasteiger partial charge in [0.1, 0.15) is 11.5 Å². The Bertz CT molecular complexity index is 2040. The zero-order valence-electron chi connectivity index (χ0n) is 29.3. The van der Waals surface area contributed by atoms with Gasteiger partial charge in [0.25, 0.3) is 0 Å². The number of benzene rings is 3. The standard InChI is InChI=1S/C40H37F3N2O8/c1-20-4-12-27(21(2)16-20)28-15-7-24(19-33(28)40(41,42)43)45-36(48)30-14-6-23(18-32(30)37(45)49)39(51)53-26-10-8-25(9-11-26)52-38(50)22-5-13-29-31(17-22)35(47)44(3)34(29)46/h4,7-12,15-16,19,22-23,29-32H,5-6,13-14,17-18H2,1-3H3. The molecular formula is C40H37F3N2O8. The van der Waals surface area contributed by atoms with E-state index in [1.165, 1.54) is 43.4 Å². The number of carbonyl (C=O) groups is 6. The molecule has 13 heteroatoms. The number of nitrogens with zero attached hydrogens (tertiary/aromatic N) is 2. The van der Waals surface area contributed by atoms with Crippen LogP contribution in [0.15, 0.2) is 60.7 Å². The SMILES string of the molecule is Cc1ccc(-c2ccc(N3C(=O)C4CCC(C(=O)Oc5ccc(OC(=O)C6CCC7C(=O)N(C)C(=O)C7C6)cc5)CC4C3=O)cc2C(F)(F)F)c(C)c1. The lowest BCUT2D eigenvalue weighted by molar-refractivity contribution is -0.143. The van der Waals surface area contributed by atoms with E-state index in [1.54, 1.807) is 25.1 Å². The van der Waals surface area contributed by atoms with E-state index in [4.69, 9.17) is 9.47 Å². The van der Waals surface area contributed by atoms with E-state index in [1.807, 2.05) is 6.92 Å². The monoisotopic (exact) mass is 730 g/mol. The van der Waals surface area contributed by atoms with Crippen molar-refractivity contribution in [2.75, 3.05) is 11.9 Å². The van der Waals surface area contributed by atoms with Crippen molar-refractivity contribution in [2.45, 2.75) is 58.5 Å². The summed E-state index contributed by atoms with van der Waals surface area (Å²) in [4.78, 5) is 79.8. The highest BCUT2D eigenvalue weighted by molar-refractivity contribution is 6.22. The molecule has 276 valence electrons.